The molecule has 0 saturated heterocycles. The Bertz CT molecular complexity index is 466. The van der Waals surface area contributed by atoms with E-state index in [1.807, 2.05) is 23.1 Å². The average molecular weight is 258 g/mol. The summed E-state index contributed by atoms with van der Waals surface area (Å²) in [5.41, 5.74) is 8.40. The maximum atomic E-state index is 12.7. The van der Waals surface area contributed by atoms with E-state index < -0.39 is 0 Å². The Balaban J connectivity index is 1.92. The van der Waals surface area contributed by atoms with Gasteiger partial charge in [0.15, 0.2) is 0 Å². The molecule has 1 aromatic rings. The molecule has 3 nitrogen and oxygen atoms in total. The minimum absolute atomic E-state index is 0.0672. The molecular formula is C16H22N2O. The number of nitrogens with two attached hydrogens (primary N) is 1. The van der Waals surface area contributed by atoms with Gasteiger partial charge < -0.3 is 10.6 Å². The highest BCUT2D eigenvalue weighted by Crippen LogP contribution is 2.34. The minimum Gasteiger partial charge on any atom is -0.324 e. The van der Waals surface area contributed by atoms with Crippen LogP contribution in [-0.4, -0.2) is 12.5 Å². The summed E-state index contributed by atoms with van der Waals surface area (Å²) in [7, 11) is 0. The van der Waals surface area contributed by atoms with Gasteiger partial charge >= 0.3 is 0 Å². The molecule has 1 unspecified atom stereocenters. The summed E-state index contributed by atoms with van der Waals surface area (Å²) in [6, 6.07) is 8.21. The van der Waals surface area contributed by atoms with Crippen LogP contribution in [0.25, 0.3) is 0 Å². The standard InChI is InChI=1S/C16H22N2O/c17-14-9-5-11-18(15-10-4-3-8-13(14)15)16(19)12-6-1-2-7-12/h3-4,8,10,12,14H,1-2,5-7,9,11,17H2. The zero-order valence-electron chi connectivity index (χ0n) is 11.3. The lowest BCUT2D eigenvalue weighted by Crippen LogP contribution is -2.36. The van der Waals surface area contributed by atoms with Crippen molar-refractivity contribution in [2.45, 2.75) is 44.6 Å². The van der Waals surface area contributed by atoms with Crippen LogP contribution in [0.5, 0.6) is 0 Å². The van der Waals surface area contributed by atoms with Gasteiger partial charge in [-0.05, 0) is 37.3 Å². The SMILES string of the molecule is NC1CCCN(C(=O)C2CCCC2)c2ccccc21. The van der Waals surface area contributed by atoms with Crippen LogP contribution in [0.3, 0.4) is 0 Å². The Labute approximate surface area is 114 Å². The summed E-state index contributed by atoms with van der Waals surface area (Å²) in [5, 5.41) is 0. The van der Waals surface area contributed by atoms with Crippen molar-refractivity contribution >= 4 is 11.6 Å². The lowest BCUT2D eigenvalue weighted by molar-refractivity contribution is -0.122. The van der Waals surface area contributed by atoms with E-state index >= 15 is 0 Å². The van der Waals surface area contributed by atoms with Crippen LogP contribution in [0.1, 0.15) is 50.1 Å². The molecule has 3 rings (SSSR count). The number of amides is 1. The van der Waals surface area contributed by atoms with Crippen LogP contribution in [0.2, 0.25) is 0 Å². The largest absolute Gasteiger partial charge is 0.324 e. The van der Waals surface area contributed by atoms with E-state index in [2.05, 4.69) is 6.07 Å². The van der Waals surface area contributed by atoms with Gasteiger partial charge in [-0.15, -0.1) is 0 Å². The molecule has 1 fully saturated rings. The predicted octanol–water partition coefficient (Wildman–Crippen LogP) is 3.00. The highest BCUT2D eigenvalue weighted by molar-refractivity contribution is 5.96. The number of hydrogen-bond acceptors (Lipinski definition) is 2. The predicted molar refractivity (Wildman–Crippen MR) is 76.9 cm³/mol. The maximum absolute atomic E-state index is 12.7. The molecule has 3 heteroatoms. The van der Waals surface area contributed by atoms with Crippen LogP contribution in [0, 0.1) is 5.92 Å². The number of carbonyl (C=O) groups excluding carboxylic acids is 1. The summed E-state index contributed by atoms with van der Waals surface area (Å²) in [4.78, 5) is 14.7. The van der Waals surface area contributed by atoms with Crippen LogP contribution in [0.4, 0.5) is 5.69 Å². The zero-order valence-corrected chi connectivity index (χ0v) is 11.3. The number of hydrogen-bond donors (Lipinski definition) is 1. The van der Waals surface area contributed by atoms with Gasteiger partial charge in [-0.3, -0.25) is 4.79 Å². The monoisotopic (exact) mass is 258 g/mol. The van der Waals surface area contributed by atoms with Crippen molar-refractivity contribution in [1.82, 2.24) is 0 Å². The smallest absolute Gasteiger partial charge is 0.230 e. The van der Waals surface area contributed by atoms with Crippen molar-refractivity contribution < 1.29 is 4.79 Å². The van der Waals surface area contributed by atoms with E-state index in [9.17, 15) is 4.79 Å². The fourth-order valence-electron chi connectivity index (χ4n) is 3.41. The molecule has 102 valence electrons. The van der Waals surface area contributed by atoms with Gasteiger partial charge in [0, 0.05) is 24.2 Å². The van der Waals surface area contributed by atoms with Gasteiger partial charge in [-0.1, -0.05) is 31.0 Å². The molecular weight excluding hydrogens is 236 g/mol. The molecule has 1 atom stereocenters. The van der Waals surface area contributed by atoms with E-state index in [4.69, 9.17) is 5.73 Å². The van der Waals surface area contributed by atoms with E-state index in [1.54, 1.807) is 0 Å². The van der Waals surface area contributed by atoms with E-state index in [1.165, 1.54) is 12.8 Å². The van der Waals surface area contributed by atoms with Gasteiger partial charge in [-0.25, -0.2) is 0 Å². The molecule has 2 N–H and O–H groups in total. The van der Waals surface area contributed by atoms with E-state index in [-0.39, 0.29) is 12.0 Å². The zero-order chi connectivity index (χ0) is 13.2. The molecule has 0 aromatic heterocycles. The Kier molecular flexibility index (Phi) is 3.56. The number of rotatable bonds is 1. The fourth-order valence-corrected chi connectivity index (χ4v) is 3.41. The lowest BCUT2D eigenvalue weighted by atomic mass is 10.0. The minimum atomic E-state index is 0.0672. The first-order valence-corrected chi connectivity index (χ1v) is 7.43. The van der Waals surface area contributed by atoms with Crippen molar-refractivity contribution in [3.8, 4) is 0 Å². The summed E-state index contributed by atoms with van der Waals surface area (Å²) in [6.07, 6.45) is 6.48. The maximum Gasteiger partial charge on any atom is 0.230 e. The van der Waals surface area contributed by atoms with Gasteiger partial charge in [0.1, 0.15) is 0 Å². The van der Waals surface area contributed by atoms with Crippen LogP contribution in [-0.2, 0) is 4.79 Å². The van der Waals surface area contributed by atoms with Gasteiger partial charge in [0.25, 0.3) is 0 Å². The van der Waals surface area contributed by atoms with Crippen LogP contribution < -0.4 is 10.6 Å². The molecule has 1 aliphatic heterocycles. The first-order valence-electron chi connectivity index (χ1n) is 7.43. The van der Waals surface area contributed by atoms with Crippen molar-refractivity contribution in [3.63, 3.8) is 0 Å². The second-order valence-corrected chi connectivity index (χ2v) is 5.78. The molecule has 1 aliphatic carbocycles. The Hall–Kier alpha value is -1.35. The second-order valence-electron chi connectivity index (χ2n) is 5.78. The number of benzene rings is 1. The van der Waals surface area contributed by atoms with E-state index in [0.29, 0.717) is 5.91 Å². The quantitative estimate of drug-likeness (QED) is 0.841. The van der Waals surface area contributed by atoms with Gasteiger partial charge in [-0.2, -0.15) is 0 Å². The average Bonchev–Trinajstić information content (AvgIpc) is 2.91. The molecule has 1 saturated carbocycles. The third-order valence-corrected chi connectivity index (χ3v) is 4.49. The Morgan fingerprint density at radius 1 is 1.11 bits per heavy atom. The number of fused-ring (bicyclic) bond motifs is 1. The fraction of sp³-hybridized carbons (Fsp3) is 0.562. The first-order chi connectivity index (χ1) is 9.27. The molecule has 0 radical (unpaired) electrons. The van der Waals surface area contributed by atoms with Crippen molar-refractivity contribution in [1.29, 1.82) is 0 Å². The summed E-state index contributed by atoms with van der Waals surface area (Å²) < 4.78 is 0. The molecule has 0 bridgehead atoms. The van der Waals surface area contributed by atoms with Crippen molar-refractivity contribution in [3.05, 3.63) is 29.8 Å². The molecule has 19 heavy (non-hydrogen) atoms. The third-order valence-electron chi connectivity index (χ3n) is 4.49. The molecule has 1 heterocycles. The Morgan fingerprint density at radius 2 is 1.84 bits per heavy atom. The van der Waals surface area contributed by atoms with E-state index in [0.717, 1.165) is 43.5 Å². The van der Waals surface area contributed by atoms with Crippen molar-refractivity contribution in [2.24, 2.45) is 11.7 Å². The van der Waals surface area contributed by atoms with Gasteiger partial charge in [0.2, 0.25) is 5.91 Å². The number of carbonyl (C=O) groups is 1. The summed E-state index contributed by atoms with van der Waals surface area (Å²) >= 11 is 0. The number of para-hydroxylation sites is 1. The Morgan fingerprint density at radius 3 is 2.63 bits per heavy atom. The molecule has 1 aromatic carbocycles. The van der Waals surface area contributed by atoms with Gasteiger partial charge in [0.05, 0.1) is 0 Å². The number of anilines is 1. The molecule has 2 aliphatic rings. The van der Waals surface area contributed by atoms with Crippen LogP contribution >= 0.6 is 0 Å². The second kappa shape index (κ2) is 5.33. The number of nitrogens with zero attached hydrogens (tertiary/aromatic N) is 1. The first kappa shape index (κ1) is 12.7. The topological polar surface area (TPSA) is 46.3 Å². The van der Waals surface area contributed by atoms with Crippen molar-refractivity contribution in [2.75, 3.05) is 11.4 Å². The molecule has 0 spiro atoms. The normalized spacial score (nSPS) is 24.1. The lowest BCUT2D eigenvalue weighted by Gasteiger charge is -2.26. The summed E-state index contributed by atoms with van der Waals surface area (Å²) in [5.74, 6) is 0.557. The highest BCUT2D eigenvalue weighted by atomic mass is 16.2. The van der Waals surface area contributed by atoms with Crippen LogP contribution in [0.15, 0.2) is 24.3 Å². The highest BCUT2D eigenvalue weighted by Gasteiger charge is 2.30. The summed E-state index contributed by atoms with van der Waals surface area (Å²) in [6.45, 7) is 0.819. The molecule has 1 amide bonds. The third kappa shape index (κ3) is 2.39.